The molecule has 1 fully saturated rings. The fourth-order valence-electron chi connectivity index (χ4n) is 4.89. The molecule has 5 rings (SSSR count). The van der Waals surface area contributed by atoms with Crippen LogP contribution in [0.2, 0.25) is 0 Å². The van der Waals surface area contributed by atoms with Crippen LogP contribution < -0.4 is 5.32 Å². The van der Waals surface area contributed by atoms with Crippen LogP contribution >= 0.6 is 0 Å². The molecule has 166 valence electrons. The van der Waals surface area contributed by atoms with Gasteiger partial charge in [0.25, 0.3) is 0 Å². The lowest BCUT2D eigenvalue weighted by molar-refractivity contribution is 0.210. The standard InChI is InChI=1S/C24H22F2N2O3S/c25-17-8-5-15(6-9-17)16-7-10-21-19(13-16)24-18(22(14-29)27-21)11-12-28(24)32(30,31)23-4-2-1-3-20(23)26/h1-10,13,18,22,24,27,29H,11-12,14H2/t18-,22+,24-/m0/s1. The van der Waals surface area contributed by atoms with Crippen molar-refractivity contribution in [2.75, 3.05) is 18.5 Å². The Bertz CT molecular complexity index is 1260. The van der Waals surface area contributed by atoms with E-state index in [0.29, 0.717) is 6.42 Å². The maximum absolute atomic E-state index is 14.4. The molecule has 2 aliphatic heterocycles. The number of aliphatic hydroxyl groups excluding tert-OH is 1. The largest absolute Gasteiger partial charge is 0.394 e. The van der Waals surface area contributed by atoms with E-state index in [-0.39, 0.29) is 35.8 Å². The molecular weight excluding hydrogens is 434 g/mol. The topological polar surface area (TPSA) is 69.6 Å². The summed E-state index contributed by atoms with van der Waals surface area (Å²) in [6, 6.07) is 16.2. The van der Waals surface area contributed by atoms with Crippen molar-refractivity contribution in [3.05, 3.63) is 83.9 Å². The second-order valence-corrected chi connectivity index (χ2v) is 10.0. The van der Waals surface area contributed by atoms with E-state index in [1.165, 1.54) is 34.6 Å². The van der Waals surface area contributed by atoms with Crippen LogP contribution in [0, 0.1) is 17.6 Å². The Morgan fingerprint density at radius 3 is 2.44 bits per heavy atom. The van der Waals surface area contributed by atoms with Crippen LogP contribution in [0.25, 0.3) is 11.1 Å². The first-order valence-corrected chi connectivity index (χ1v) is 11.9. The lowest BCUT2D eigenvalue weighted by Crippen LogP contribution is -2.43. The second kappa shape index (κ2) is 7.95. The van der Waals surface area contributed by atoms with Gasteiger partial charge in [0.15, 0.2) is 0 Å². The van der Waals surface area contributed by atoms with Crippen LogP contribution in [0.1, 0.15) is 18.0 Å². The van der Waals surface area contributed by atoms with Crippen LogP contribution in [0.3, 0.4) is 0 Å². The number of fused-ring (bicyclic) bond motifs is 3. The summed E-state index contributed by atoms with van der Waals surface area (Å²) in [7, 11) is -4.10. The SMILES string of the molecule is O=S(=O)(c1ccccc1F)N1CC[C@@H]2[C@H]1c1cc(-c3ccc(F)cc3)ccc1N[C@@H]2CO. The van der Waals surface area contributed by atoms with E-state index in [9.17, 15) is 22.3 Å². The first kappa shape index (κ1) is 21.1. The molecule has 2 heterocycles. The highest BCUT2D eigenvalue weighted by molar-refractivity contribution is 7.89. The zero-order chi connectivity index (χ0) is 22.5. The number of benzene rings is 3. The van der Waals surface area contributed by atoms with Gasteiger partial charge in [-0.2, -0.15) is 4.31 Å². The number of rotatable bonds is 4. The molecule has 2 N–H and O–H groups in total. The fourth-order valence-corrected chi connectivity index (χ4v) is 6.62. The summed E-state index contributed by atoms with van der Waals surface area (Å²) < 4.78 is 56.1. The maximum Gasteiger partial charge on any atom is 0.246 e. The molecule has 0 radical (unpaired) electrons. The molecule has 5 nitrogen and oxygen atoms in total. The summed E-state index contributed by atoms with van der Waals surface area (Å²) in [6.45, 7) is 0.0816. The average molecular weight is 457 g/mol. The average Bonchev–Trinajstić information content (AvgIpc) is 3.25. The van der Waals surface area contributed by atoms with Gasteiger partial charge in [-0.3, -0.25) is 0 Å². The minimum absolute atomic E-state index is 0.145. The Labute approximate surface area is 185 Å². The van der Waals surface area contributed by atoms with Crippen molar-refractivity contribution in [3.63, 3.8) is 0 Å². The number of hydrogen-bond donors (Lipinski definition) is 2. The molecule has 32 heavy (non-hydrogen) atoms. The van der Waals surface area contributed by atoms with Gasteiger partial charge in [-0.05, 0) is 59.5 Å². The number of nitrogens with zero attached hydrogens (tertiary/aromatic N) is 1. The van der Waals surface area contributed by atoms with Crippen molar-refractivity contribution in [1.29, 1.82) is 0 Å². The number of anilines is 1. The van der Waals surface area contributed by atoms with Crippen molar-refractivity contribution < 1.29 is 22.3 Å². The summed E-state index contributed by atoms with van der Waals surface area (Å²) in [6.07, 6.45) is 0.538. The molecule has 8 heteroatoms. The van der Waals surface area contributed by atoms with E-state index in [2.05, 4.69) is 5.32 Å². The second-order valence-electron chi connectivity index (χ2n) is 8.19. The zero-order valence-corrected chi connectivity index (χ0v) is 17.9. The minimum atomic E-state index is -4.10. The van der Waals surface area contributed by atoms with Gasteiger partial charge >= 0.3 is 0 Å². The van der Waals surface area contributed by atoms with E-state index >= 15 is 0 Å². The van der Waals surface area contributed by atoms with Crippen LogP contribution in [-0.2, 0) is 10.0 Å². The Balaban J connectivity index is 1.62. The summed E-state index contributed by atoms with van der Waals surface area (Å²) in [5, 5.41) is 13.3. The van der Waals surface area contributed by atoms with Crippen molar-refractivity contribution in [3.8, 4) is 11.1 Å². The highest BCUT2D eigenvalue weighted by atomic mass is 32.2. The van der Waals surface area contributed by atoms with Gasteiger partial charge in [-0.1, -0.05) is 30.3 Å². The third-order valence-electron chi connectivity index (χ3n) is 6.42. The predicted molar refractivity (Wildman–Crippen MR) is 117 cm³/mol. The molecule has 3 atom stereocenters. The van der Waals surface area contributed by atoms with E-state index in [1.54, 1.807) is 12.1 Å². The maximum atomic E-state index is 14.4. The molecule has 0 saturated carbocycles. The summed E-state index contributed by atoms with van der Waals surface area (Å²) in [4.78, 5) is -0.351. The molecule has 0 bridgehead atoms. The van der Waals surface area contributed by atoms with Gasteiger partial charge in [0.2, 0.25) is 10.0 Å². The van der Waals surface area contributed by atoms with Crippen LogP contribution in [0.15, 0.2) is 71.6 Å². The van der Waals surface area contributed by atoms with Gasteiger partial charge in [-0.15, -0.1) is 0 Å². The Morgan fingerprint density at radius 2 is 1.72 bits per heavy atom. The van der Waals surface area contributed by atoms with Gasteiger partial charge in [0.1, 0.15) is 16.5 Å². The molecule has 3 aromatic carbocycles. The van der Waals surface area contributed by atoms with Crippen molar-refractivity contribution in [1.82, 2.24) is 4.31 Å². The fraction of sp³-hybridized carbons (Fsp3) is 0.250. The van der Waals surface area contributed by atoms with Gasteiger partial charge in [-0.25, -0.2) is 17.2 Å². The highest BCUT2D eigenvalue weighted by Crippen LogP contribution is 2.49. The number of nitrogens with one attached hydrogen (secondary N) is 1. The van der Waals surface area contributed by atoms with Crippen LogP contribution in [-0.4, -0.2) is 37.0 Å². The zero-order valence-electron chi connectivity index (χ0n) is 17.1. The van der Waals surface area contributed by atoms with E-state index < -0.39 is 21.9 Å². The first-order valence-electron chi connectivity index (χ1n) is 10.4. The third-order valence-corrected chi connectivity index (χ3v) is 8.34. The normalized spacial score (nSPS) is 22.8. The van der Waals surface area contributed by atoms with Crippen molar-refractivity contribution >= 4 is 15.7 Å². The molecule has 0 spiro atoms. The number of aliphatic hydroxyl groups is 1. The van der Waals surface area contributed by atoms with Gasteiger partial charge in [0.05, 0.1) is 18.7 Å². The predicted octanol–water partition coefficient (Wildman–Crippen LogP) is 4.17. The first-order chi connectivity index (χ1) is 15.4. The summed E-state index contributed by atoms with van der Waals surface area (Å²) >= 11 is 0. The molecule has 0 aliphatic carbocycles. The van der Waals surface area contributed by atoms with Gasteiger partial charge in [0, 0.05) is 18.2 Å². The quantitative estimate of drug-likeness (QED) is 0.618. The Morgan fingerprint density at radius 1 is 1.00 bits per heavy atom. The molecule has 0 unspecified atom stereocenters. The van der Waals surface area contributed by atoms with Gasteiger partial charge < -0.3 is 10.4 Å². The van der Waals surface area contributed by atoms with E-state index in [0.717, 1.165) is 28.4 Å². The number of hydrogen-bond acceptors (Lipinski definition) is 4. The Kier molecular flexibility index (Phi) is 5.23. The van der Waals surface area contributed by atoms with Crippen molar-refractivity contribution in [2.45, 2.75) is 23.4 Å². The van der Waals surface area contributed by atoms with Crippen LogP contribution in [0.4, 0.5) is 14.5 Å². The Hall–Kier alpha value is -2.81. The molecule has 3 aromatic rings. The molecule has 2 aliphatic rings. The molecule has 1 saturated heterocycles. The summed E-state index contributed by atoms with van der Waals surface area (Å²) in [5.74, 6) is -1.29. The number of sulfonamides is 1. The molecule has 0 amide bonds. The summed E-state index contributed by atoms with van der Waals surface area (Å²) in [5.41, 5.74) is 3.11. The van der Waals surface area contributed by atoms with E-state index in [4.69, 9.17) is 0 Å². The highest BCUT2D eigenvalue weighted by Gasteiger charge is 2.49. The minimum Gasteiger partial charge on any atom is -0.394 e. The number of halogens is 2. The molecular formula is C24H22F2N2O3S. The van der Waals surface area contributed by atoms with Crippen molar-refractivity contribution in [2.24, 2.45) is 5.92 Å². The lowest BCUT2D eigenvalue weighted by atomic mass is 9.82. The lowest BCUT2D eigenvalue weighted by Gasteiger charge is -2.39. The van der Waals surface area contributed by atoms with Crippen LogP contribution in [0.5, 0.6) is 0 Å². The third kappa shape index (κ3) is 3.39. The smallest absolute Gasteiger partial charge is 0.246 e. The van der Waals surface area contributed by atoms with E-state index in [1.807, 2.05) is 18.2 Å². The molecule has 0 aromatic heterocycles. The monoisotopic (exact) mass is 456 g/mol.